The van der Waals surface area contributed by atoms with Gasteiger partial charge in [-0.1, -0.05) is 23.7 Å². The number of benzene rings is 2. The molecule has 1 aliphatic heterocycles. The molecule has 0 unspecified atom stereocenters. The first-order valence-electron chi connectivity index (χ1n) is 11.1. The predicted molar refractivity (Wildman–Crippen MR) is 129 cm³/mol. The third kappa shape index (κ3) is 6.98. The number of nitrogens with zero attached hydrogens (tertiary/aromatic N) is 1. The number of likely N-dealkylation sites (tertiary alicyclic amines) is 1. The van der Waals surface area contributed by atoms with Gasteiger partial charge in [-0.25, -0.2) is 9.18 Å². The highest BCUT2D eigenvalue weighted by molar-refractivity contribution is 6.33. The van der Waals surface area contributed by atoms with Gasteiger partial charge in [0.05, 0.1) is 29.4 Å². The van der Waals surface area contributed by atoms with Crippen LogP contribution in [-0.4, -0.2) is 55.3 Å². The summed E-state index contributed by atoms with van der Waals surface area (Å²) in [6.07, 6.45) is 1.29. The van der Waals surface area contributed by atoms with Crippen LogP contribution in [0.5, 0.6) is 5.75 Å². The SMILES string of the molecule is COc1cc(N)c(Cl)cc1C(=O)NCC1CCN(CC[C@@H](NC(=O)O)c2ccc(F)cc2)CC1. The molecule has 0 spiro atoms. The van der Waals surface area contributed by atoms with Crippen LogP contribution in [-0.2, 0) is 0 Å². The summed E-state index contributed by atoms with van der Waals surface area (Å²) in [4.78, 5) is 26.1. The third-order valence-corrected chi connectivity index (χ3v) is 6.45. The van der Waals surface area contributed by atoms with Crippen LogP contribution in [0.15, 0.2) is 36.4 Å². The maximum Gasteiger partial charge on any atom is 0.405 e. The number of ether oxygens (including phenoxy) is 1. The van der Waals surface area contributed by atoms with Crippen molar-refractivity contribution in [3.8, 4) is 5.75 Å². The third-order valence-electron chi connectivity index (χ3n) is 6.13. The number of hydrogen-bond acceptors (Lipinski definition) is 5. The Labute approximate surface area is 203 Å². The number of amides is 2. The number of piperidine rings is 1. The molecule has 184 valence electrons. The summed E-state index contributed by atoms with van der Waals surface area (Å²) in [5, 5.41) is 14.9. The van der Waals surface area contributed by atoms with E-state index in [2.05, 4.69) is 15.5 Å². The van der Waals surface area contributed by atoms with Crippen LogP contribution in [0.1, 0.15) is 41.2 Å². The number of anilines is 1. The van der Waals surface area contributed by atoms with E-state index in [9.17, 15) is 14.0 Å². The van der Waals surface area contributed by atoms with Crippen LogP contribution < -0.4 is 21.1 Å². The van der Waals surface area contributed by atoms with Crippen molar-refractivity contribution < 1.29 is 23.8 Å². The fourth-order valence-corrected chi connectivity index (χ4v) is 4.30. The van der Waals surface area contributed by atoms with Gasteiger partial charge < -0.3 is 31.1 Å². The van der Waals surface area contributed by atoms with E-state index in [0.717, 1.165) is 31.5 Å². The van der Waals surface area contributed by atoms with Crippen LogP contribution in [0.25, 0.3) is 0 Å². The summed E-state index contributed by atoms with van der Waals surface area (Å²) in [6, 6.07) is 8.52. The van der Waals surface area contributed by atoms with E-state index < -0.39 is 12.1 Å². The number of rotatable bonds is 9. The molecule has 3 rings (SSSR count). The van der Waals surface area contributed by atoms with Gasteiger partial charge in [-0.3, -0.25) is 4.79 Å². The van der Waals surface area contributed by atoms with E-state index in [4.69, 9.17) is 27.2 Å². The van der Waals surface area contributed by atoms with Crippen molar-refractivity contribution in [3.05, 3.63) is 58.4 Å². The molecule has 2 aromatic rings. The molecule has 1 heterocycles. The van der Waals surface area contributed by atoms with Gasteiger partial charge in [-0.05, 0) is 62.0 Å². The van der Waals surface area contributed by atoms with E-state index in [0.29, 0.717) is 47.5 Å². The molecule has 1 saturated heterocycles. The Morgan fingerprint density at radius 1 is 1.26 bits per heavy atom. The van der Waals surface area contributed by atoms with E-state index in [-0.39, 0.29) is 11.7 Å². The van der Waals surface area contributed by atoms with Crippen LogP contribution in [0.3, 0.4) is 0 Å². The largest absolute Gasteiger partial charge is 0.496 e. The zero-order chi connectivity index (χ0) is 24.7. The van der Waals surface area contributed by atoms with E-state index in [1.54, 1.807) is 12.1 Å². The van der Waals surface area contributed by atoms with Gasteiger partial charge in [0, 0.05) is 19.2 Å². The highest BCUT2D eigenvalue weighted by atomic mass is 35.5. The van der Waals surface area contributed by atoms with Crippen LogP contribution in [0.4, 0.5) is 14.9 Å². The summed E-state index contributed by atoms with van der Waals surface area (Å²) >= 11 is 6.06. The minimum Gasteiger partial charge on any atom is -0.496 e. The molecule has 0 saturated carbocycles. The van der Waals surface area contributed by atoms with E-state index in [1.165, 1.54) is 31.4 Å². The zero-order valence-electron chi connectivity index (χ0n) is 19.0. The van der Waals surface area contributed by atoms with Crippen molar-refractivity contribution in [2.45, 2.75) is 25.3 Å². The molecule has 1 aliphatic rings. The quantitative estimate of drug-likeness (QED) is 0.394. The second-order valence-electron chi connectivity index (χ2n) is 8.41. The minimum absolute atomic E-state index is 0.261. The maximum absolute atomic E-state index is 13.2. The van der Waals surface area contributed by atoms with Crippen molar-refractivity contribution in [1.82, 2.24) is 15.5 Å². The Hall–Kier alpha value is -3.04. The van der Waals surface area contributed by atoms with Gasteiger partial charge >= 0.3 is 6.09 Å². The molecule has 2 amide bonds. The highest BCUT2D eigenvalue weighted by Gasteiger charge is 2.23. The molecular formula is C24H30ClFN4O4. The number of carbonyl (C=O) groups excluding carboxylic acids is 1. The highest BCUT2D eigenvalue weighted by Crippen LogP contribution is 2.29. The zero-order valence-corrected chi connectivity index (χ0v) is 19.8. The van der Waals surface area contributed by atoms with Crippen LogP contribution in [0.2, 0.25) is 5.02 Å². The molecule has 2 aromatic carbocycles. The van der Waals surface area contributed by atoms with Crippen LogP contribution in [0, 0.1) is 11.7 Å². The predicted octanol–water partition coefficient (Wildman–Crippen LogP) is 3.91. The number of carbonyl (C=O) groups is 2. The van der Waals surface area contributed by atoms with Gasteiger partial charge in [0.1, 0.15) is 11.6 Å². The Kier molecular flexibility index (Phi) is 8.95. The van der Waals surface area contributed by atoms with Crippen molar-refractivity contribution in [1.29, 1.82) is 0 Å². The van der Waals surface area contributed by atoms with E-state index >= 15 is 0 Å². The van der Waals surface area contributed by atoms with Gasteiger partial charge in [-0.2, -0.15) is 0 Å². The van der Waals surface area contributed by atoms with Crippen molar-refractivity contribution in [2.24, 2.45) is 5.92 Å². The van der Waals surface area contributed by atoms with Crippen molar-refractivity contribution >= 4 is 29.3 Å². The molecule has 0 aliphatic carbocycles. The number of methoxy groups -OCH3 is 1. The molecule has 0 radical (unpaired) electrons. The summed E-state index contributed by atoms with van der Waals surface area (Å²) in [5.41, 5.74) is 7.21. The lowest BCUT2D eigenvalue weighted by molar-refractivity contribution is 0.0932. The summed E-state index contributed by atoms with van der Waals surface area (Å²) in [5.74, 6) is 0.0911. The molecule has 5 N–H and O–H groups in total. The minimum atomic E-state index is -1.11. The van der Waals surface area contributed by atoms with Gasteiger partial charge in [0.15, 0.2) is 0 Å². The molecule has 1 fully saturated rings. The second kappa shape index (κ2) is 11.9. The Morgan fingerprint density at radius 3 is 2.56 bits per heavy atom. The first kappa shape index (κ1) is 25.6. The number of nitrogen functional groups attached to an aromatic ring is 1. The average Bonchev–Trinajstić information content (AvgIpc) is 2.82. The van der Waals surface area contributed by atoms with E-state index in [1.807, 2.05) is 0 Å². The Bertz CT molecular complexity index is 997. The van der Waals surface area contributed by atoms with Gasteiger partial charge in [-0.15, -0.1) is 0 Å². The number of nitrogens with one attached hydrogen (secondary N) is 2. The standard InChI is InChI=1S/C24H30ClFN4O4/c1-34-22-13-20(27)19(25)12-18(22)23(31)28-14-15-6-9-30(10-7-15)11-8-21(29-24(32)33)16-2-4-17(26)5-3-16/h2-5,12-13,15,21,29H,6-11,14,27H2,1H3,(H,28,31)(H,32,33)/t21-/m1/s1. The normalized spacial score (nSPS) is 15.5. The lowest BCUT2D eigenvalue weighted by Gasteiger charge is -2.33. The summed E-state index contributed by atoms with van der Waals surface area (Å²) < 4.78 is 18.5. The maximum atomic E-state index is 13.2. The molecule has 1 atom stereocenters. The first-order valence-corrected chi connectivity index (χ1v) is 11.5. The average molecular weight is 493 g/mol. The van der Waals surface area contributed by atoms with Crippen LogP contribution >= 0.6 is 11.6 Å². The number of nitrogens with two attached hydrogens (primary N) is 1. The monoisotopic (exact) mass is 492 g/mol. The lowest BCUT2D eigenvalue weighted by atomic mass is 9.96. The molecule has 0 bridgehead atoms. The molecular weight excluding hydrogens is 463 g/mol. The fraction of sp³-hybridized carbons (Fsp3) is 0.417. The summed E-state index contributed by atoms with van der Waals surface area (Å²) in [7, 11) is 1.47. The fourth-order valence-electron chi connectivity index (χ4n) is 4.14. The number of hydrogen-bond donors (Lipinski definition) is 4. The van der Waals surface area contributed by atoms with Crippen molar-refractivity contribution in [2.75, 3.05) is 39.0 Å². The Balaban J connectivity index is 1.47. The first-order chi connectivity index (χ1) is 16.3. The van der Waals surface area contributed by atoms with Crippen molar-refractivity contribution in [3.63, 3.8) is 0 Å². The second-order valence-corrected chi connectivity index (χ2v) is 8.82. The van der Waals surface area contributed by atoms with Gasteiger partial charge in [0.2, 0.25) is 0 Å². The Morgan fingerprint density at radius 2 is 1.94 bits per heavy atom. The smallest absolute Gasteiger partial charge is 0.405 e. The number of carboxylic acid groups (broad SMARTS) is 1. The lowest BCUT2D eigenvalue weighted by Crippen LogP contribution is -2.40. The molecule has 34 heavy (non-hydrogen) atoms. The molecule has 0 aromatic heterocycles. The summed E-state index contributed by atoms with van der Waals surface area (Å²) in [6.45, 7) is 2.95. The molecule has 10 heteroatoms. The number of halogens is 2. The molecule has 8 nitrogen and oxygen atoms in total. The topological polar surface area (TPSA) is 117 Å². The van der Waals surface area contributed by atoms with Gasteiger partial charge in [0.25, 0.3) is 5.91 Å².